The fourth-order valence-corrected chi connectivity index (χ4v) is 2.35. The number of aryl methyl sites for hydroxylation is 1. The van der Waals surface area contributed by atoms with E-state index < -0.39 is 0 Å². The number of oxime groups is 1. The van der Waals surface area contributed by atoms with Gasteiger partial charge in [0.25, 0.3) is 0 Å². The molecule has 1 atom stereocenters. The lowest BCUT2D eigenvalue weighted by molar-refractivity contribution is -0.141. The molecule has 0 aromatic heterocycles. The maximum Gasteiger partial charge on any atom is 0.306 e. The number of carbonyl (C=O) groups excluding carboxylic acids is 1. The molecular formula is C20H23NO4. The van der Waals surface area contributed by atoms with Crippen LogP contribution in [0.15, 0.2) is 53.7 Å². The average molecular weight is 341 g/mol. The number of benzene rings is 2. The van der Waals surface area contributed by atoms with Crippen LogP contribution in [0.3, 0.4) is 0 Å². The Bertz CT molecular complexity index is 720. The van der Waals surface area contributed by atoms with Crippen molar-refractivity contribution in [1.29, 1.82) is 0 Å². The van der Waals surface area contributed by atoms with Crippen molar-refractivity contribution in [1.82, 2.24) is 0 Å². The van der Waals surface area contributed by atoms with Gasteiger partial charge in [-0.2, -0.15) is 0 Å². The molecule has 0 heterocycles. The topological polar surface area (TPSA) is 68.1 Å². The molecule has 1 N–H and O–H groups in total. The monoisotopic (exact) mass is 341 g/mol. The molecule has 0 bridgehead atoms. The zero-order chi connectivity index (χ0) is 18.2. The summed E-state index contributed by atoms with van der Waals surface area (Å²) in [4.78, 5) is 17.1. The molecule has 2 rings (SSSR count). The predicted octanol–water partition coefficient (Wildman–Crippen LogP) is 3.82. The Kier molecular flexibility index (Phi) is 6.57. The molecule has 1 unspecified atom stereocenters. The third-order valence-electron chi connectivity index (χ3n) is 3.85. The largest absolute Gasteiger partial charge is 0.508 e. The van der Waals surface area contributed by atoms with Gasteiger partial charge in [0.2, 0.25) is 0 Å². The summed E-state index contributed by atoms with van der Waals surface area (Å²) in [6, 6.07) is 14.7. The second-order valence-corrected chi connectivity index (χ2v) is 5.96. The van der Waals surface area contributed by atoms with Gasteiger partial charge in [-0.3, -0.25) is 4.79 Å². The second kappa shape index (κ2) is 8.87. The van der Waals surface area contributed by atoms with Gasteiger partial charge in [0.1, 0.15) is 12.4 Å². The third kappa shape index (κ3) is 5.64. The number of ether oxygens (including phenoxy) is 1. The van der Waals surface area contributed by atoms with E-state index in [0.29, 0.717) is 12.3 Å². The molecular weight excluding hydrogens is 318 g/mol. The Hall–Kier alpha value is -2.82. The van der Waals surface area contributed by atoms with Crippen LogP contribution in [0.5, 0.6) is 5.75 Å². The summed E-state index contributed by atoms with van der Waals surface area (Å²) >= 11 is 0. The van der Waals surface area contributed by atoms with Crippen LogP contribution in [0, 0.1) is 12.8 Å². The summed E-state index contributed by atoms with van der Waals surface area (Å²) in [5, 5.41) is 13.7. The summed E-state index contributed by atoms with van der Waals surface area (Å²) in [5.74, 6) is -0.322. The molecule has 5 heteroatoms. The van der Waals surface area contributed by atoms with Crippen molar-refractivity contribution in [3.05, 3.63) is 65.2 Å². The highest BCUT2D eigenvalue weighted by atomic mass is 16.6. The number of aromatic hydroxyl groups is 1. The Morgan fingerprint density at radius 2 is 1.76 bits per heavy atom. The third-order valence-corrected chi connectivity index (χ3v) is 3.85. The molecule has 25 heavy (non-hydrogen) atoms. The number of phenolic OH excluding ortho intramolecular Hbond substituents is 1. The minimum absolute atomic E-state index is 0.171. The van der Waals surface area contributed by atoms with E-state index in [1.807, 2.05) is 38.1 Å². The van der Waals surface area contributed by atoms with Gasteiger partial charge in [0, 0.05) is 5.92 Å². The molecule has 0 aliphatic heterocycles. The van der Waals surface area contributed by atoms with Gasteiger partial charge < -0.3 is 14.7 Å². The lowest BCUT2D eigenvalue weighted by atomic mass is 9.95. The van der Waals surface area contributed by atoms with Crippen molar-refractivity contribution in [2.75, 3.05) is 7.11 Å². The lowest BCUT2D eigenvalue weighted by Crippen LogP contribution is -2.18. The van der Waals surface area contributed by atoms with Crippen LogP contribution < -0.4 is 0 Å². The average Bonchev–Trinajstić information content (AvgIpc) is 2.61. The minimum Gasteiger partial charge on any atom is -0.508 e. The van der Waals surface area contributed by atoms with Crippen molar-refractivity contribution in [3.8, 4) is 5.75 Å². The van der Waals surface area contributed by atoms with E-state index in [9.17, 15) is 9.90 Å². The van der Waals surface area contributed by atoms with Gasteiger partial charge in [-0.05, 0) is 42.3 Å². The maximum absolute atomic E-state index is 11.6. The van der Waals surface area contributed by atoms with Gasteiger partial charge >= 0.3 is 5.97 Å². The van der Waals surface area contributed by atoms with E-state index in [1.54, 1.807) is 24.3 Å². The first-order valence-corrected chi connectivity index (χ1v) is 8.11. The fourth-order valence-electron chi connectivity index (χ4n) is 2.35. The molecule has 0 spiro atoms. The van der Waals surface area contributed by atoms with Gasteiger partial charge in [-0.1, -0.05) is 41.9 Å². The summed E-state index contributed by atoms with van der Waals surface area (Å²) in [6.07, 6.45) is 0.199. The molecule has 2 aromatic carbocycles. The molecule has 0 radical (unpaired) electrons. The molecule has 5 nitrogen and oxygen atoms in total. The van der Waals surface area contributed by atoms with E-state index in [2.05, 4.69) is 5.16 Å². The number of hydrogen-bond acceptors (Lipinski definition) is 5. The van der Waals surface area contributed by atoms with E-state index in [0.717, 1.165) is 11.1 Å². The molecule has 132 valence electrons. The number of carbonyl (C=O) groups is 1. The van der Waals surface area contributed by atoms with Crippen LogP contribution >= 0.6 is 0 Å². The fraction of sp³-hybridized carbons (Fsp3) is 0.300. The second-order valence-electron chi connectivity index (χ2n) is 5.96. The van der Waals surface area contributed by atoms with Crippen LogP contribution in [0.1, 0.15) is 30.0 Å². The smallest absolute Gasteiger partial charge is 0.306 e. The number of esters is 1. The Morgan fingerprint density at radius 1 is 1.12 bits per heavy atom. The van der Waals surface area contributed by atoms with Crippen LogP contribution in [0.25, 0.3) is 0 Å². The molecule has 0 amide bonds. The highest BCUT2D eigenvalue weighted by molar-refractivity contribution is 6.03. The minimum atomic E-state index is -0.308. The molecule has 0 saturated carbocycles. The summed E-state index contributed by atoms with van der Waals surface area (Å²) < 4.78 is 4.74. The van der Waals surface area contributed by atoms with Crippen molar-refractivity contribution in [2.45, 2.75) is 26.9 Å². The summed E-state index contributed by atoms with van der Waals surface area (Å²) in [7, 11) is 1.36. The van der Waals surface area contributed by atoms with Gasteiger partial charge in [0.05, 0.1) is 19.2 Å². The highest BCUT2D eigenvalue weighted by Crippen LogP contribution is 2.18. The zero-order valence-corrected chi connectivity index (χ0v) is 14.7. The van der Waals surface area contributed by atoms with Crippen molar-refractivity contribution >= 4 is 11.7 Å². The van der Waals surface area contributed by atoms with Crippen LogP contribution in [0.4, 0.5) is 0 Å². The number of phenols is 1. The highest BCUT2D eigenvalue weighted by Gasteiger charge is 2.18. The maximum atomic E-state index is 11.6. The quantitative estimate of drug-likeness (QED) is 0.472. The SMILES string of the molecule is COC(=O)CC(C)C(=NOCc1ccc(C)cc1)c1ccc(O)cc1. The molecule has 2 aromatic rings. The number of nitrogens with zero attached hydrogens (tertiary/aromatic N) is 1. The normalized spacial score (nSPS) is 12.5. The first-order valence-electron chi connectivity index (χ1n) is 8.11. The molecule has 0 fully saturated rings. The van der Waals surface area contributed by atoms with Crippen LogP contribution in [0.2, 0.25) is 0 Å². The van der Waals surface area contributed by atoms with Gasteiger partial charge in [0.15, 0.2) is 0 Å². The first kappa shape index (κ1) is 18.5. The van der Waals surface area contributed by atoms with Crippen molar-refractivity contribution in [2.24, 2.45) is 11.1 Å². The number of rotatable bonds is 7. The zero-order valence-electron chi connectivity index (χ0n) is 14.7. The van der Waals surface area contributed by atoms with Crippen molar-refractivity contribution in [3.63, 3.8) is 0 Å². The predicted molar refractivity (Wildman–Crippen MR) is 96.4 cm³/mol. The van der Waals surface area contributed by atoms with E-state index in [1.165, 1.54) is 12.7 Å². The van der Waals surface area contributed by atoms with E-state index in [4.69, 9.17) is 9.57 Å². The van der Waals surface area contributed by atoms with Crippen molar-refractivity contribution < 1.29 is 19.5 Å². The molecule has 0 aliphatic carbocycles. The van der Waals surface area contributed by atoms with Crippen LogP contribution in [-0.4, -0.2) is 23.9 Å². The van der Waals surface area contributed by atoms with E-state index in [-0.39, 0.29) is 24.1 Å². The number of methoxy groups -OCH3 is 1. The molecule has 0 aliphatic rings. The number of hydrogen-bond donors (Lipinski definition) is 1. The summed E-state index contributed by atoms with van der Waals surface area (Å²) in [5.41, 5.74) is 3.62. The van der Waals surface area contributed by atoms with E-state index >= 15 is 0 Å². The Balaban J connectivity index is 2.15. The lowest BCUT2D eigenvalue weighted by Gasteiger charge is -2.14. The first-order chi connectivity index (χ1) is 12.0. The van der Waals surface area contributed by atoms with Gasteiger partial charge in [-0.25, -0.2) is 0 Å². The summed E-state index contributed by atoms with van der Waals surface area (Å²) in [6.45, 7) is 4.25. The standard InChI is InChI=1S/C20H23NO4/c1-14-4-6-16(7-5-14)13-25-21-20(15(2)12-19(23)24-3)17-8-10-18(22)11-9-17/h4-11,15,22H,12-13H2,1-3H3. The Morgan fingerprint density at radius 3 is 2.36 bits per heavy atom. The van der Waals surface area contributed by atoms with Crippen LogP contribution in [-0.2, 0) is 21.0 Å². The Labute approximate surface area is 147 Å². The van der Waals surface area contributed by atoms with Gasteiger partial charge in [-0.15, -0.1) is 0 Å². The molecule has 0 saturated heterocycles.